The van der Waals surface area contributed by atoms with Gasteiger partial charge in [-0.25, -0.2) is 4.79 Å². The van der Waals surface area contributed by atoms with Crippen molar-refractivity contribution >= 4 is 35.2 Å². The molecule has 0 fully saturated rings. The molecule has 0 radical (unpaired) electrons. The largest absolute Gasteiger partial charge is 0.444 e. The fourth-order valence-electron chi connectivity index (χ4n) is 2.41. The summed E-state index contributed by atoms with van der Waals surface area (Å²) in [6.07, 6.45) is 0.0587. The lowest BCUT2D eigenvalue weighted by Crippen LogP contribution is -2.35. The zero-order valence-electron chi connectivity index (χ0n) is 17.2. The van der Waals surface area contributed by atoms with Crippen LogP contribution in [0.2, 0.25) is 5.02 Å². The molecular weight excluding hydrogens is 414 g/mol. The molecule has 1 aromatic heterocycles. The number of halogens is 1. The quantitative estimate of drug-likeness (QED) is 0.439. The van der Waals surface area contributed by atoms with Gasteiger partial charge >= 0.3 is 6.09 Å². The maximum Gasteiger partial charge on any atom is 0.408 e. The zero-order chi connectivity index (χ0) is 21.6. The second-order valence-electron chi connectivity index (χ2n) is 7.95. The number of hydrogen-bond donors (Lipinski definition) is 1. The molecule has 1 amide bonds. The number of hydrogen-bond acceptors (Lipinski definition) is 7. The molecule has 0 spiro atoms. The highest BCUT2D eigenvalue weighted by Gasteiger charge is 2.25. The van der Waals surface area contributed by atoms with Crippen LogP contribution in [0.3, 0.4) is 0 Å². The molecule has 7 nitrogen and oxygen atoms in total. The topological polar surface area (TPSA) is 94.3 Å². The highest BCUT2D eigenvalue weighted by Crippen LogP contribution is 2.25. The van der Waals surface area contributed by atoms with E-state index in [1.54, 1.807) is 45.0 Å². The molecule has 0 aliphatic carbocycles. The van der Waals surface area contributed by atoms with Gasteiger partial charge in [0.2, 0.25) is 5.89 Å². The molecular formula is C20H26ClN3O4S. The molecule has 0 saturated carbocycles. The first-order chi connectivity index (χ1) is 13.5. The van der Waals surface area contributed by atoms with E-state index in [0.717, 1.165) is 11.8 Å². The molecule has 1 atom stereocenters. The van der Waals surface area contributed by atoms with Crippen molar-refractivity contribution in [1.82, 2.24) is 15.5 Å². The summed E-state index contributed by atoms with van der Waals surface area (Å²) in [5.41, 5.74) is -0.0458. The maximum absolute atomic E-state index is 12.3. The summed E-state index contributed by atoms with van der Waals surface area (Å²) < 4.78 is 11.0. The summed E-state index contributed by atoms with van der Waals surface area (Å²) in [7, 11) is 0. The van der Waals surface area contributed by atoms with Gasteiger partial charge < -0.3 is 14.5 Å². The van der Waals surface area contributed by atoms with Crippen LogP contribution in [0, 0.1) is 5.92 Å². The summed E-state index contributed by atoms with van der Waals surface area (Å²) in [4.78, 5) is 24.4. The first kappa shape index (κ1) is 23.2. The van der Waals surface area contributed by atoms with Crippen LogP contribution in [0.1, 0.15) is 63.3 Å². The van der Waals surface area contributed by atoms with Gasteiger partial charge in [-0.3, -0.25) is 4.79 Å². The van der Waals surface area contributed by atoms with E-state index >= 15 is 0 Å². The van der Waals surface area contributed by atoms with Gasteiger partial charge in [-0.2, -0.15) is 0 Å². The number of rotatable bonds is 8. The first-order valence-corrected chi connectivity index (χ1v) is 10.6. The summed E-state index contributed by atoms with van der Waals surface area (Å²) in [5.74, 6) is 0.643. The number of nitrogens with zero attached hydrogens (tertiary/aromatic N) is 2. The van der Waals surface area contributed by atoms with E-state index in [4.69, 9.17) is 20.8 Å². The van der Waals surface area contributed by atoms with Crippen molar-refractivity contribution in [1.29, 1.82) is 0 Å². The SMILES string of the molecule is CC(C)C[C@H](NC(=O)OC(C)(C)C)c1nnc(SCC(=O)c2ccc(Cl)cc2)o1. The third-order valence-electron chi connectivity index (χ3n) is 3.61. The Kier molecular flexibility index (Phi) is 8.10. The van der Waals surface area contributed by atoms with Crippen LogP contribution in [0.5, 0.6) is 0 Å². The minimum atomic E-state index is -0.607. The lowest BCUT2D eigenvalue weighted by Gasteiger charge is -2.22. The van der Waals surface area contributed by atoms with Crippen LogP contribution in [0.15, 0.2) is 33.9 Å². The predicted octanol–water partition coefficient (Wildman–Crippen LogP) is 5.31. The Morgan fingerprint density at radius 2 is 1.86 bits per heavy atom. The van der Waals surface area contributed by atoms with Crippen molar-refractivity contribution < 1.29 is 18.7 Å². The van der Waals surface area contributed by atoms with E-state index in [1.807, 2.05) is 13.8 Å². The molecule has 1 heterocycles. The Bertz CT molecular complexity index is 831. The lowest BCUT2D eigenvalue weighted by atomic mass is 10.0. The number of alkyl carbamates (subject to hydrolysis) is 1. The first-order valence-electron chi connectivity index (χ1n) is 9.28. The van der Waals surface area contributed by atoms with Crippen molar-refractivity contribution in [2.45, 2.75) is 57.9 Å². The normalized spacial score (nSPS) is 12.7. The van der Waals surface area contributed by atoms with Crippen LogP contribution in [0.4, 0.5) is 4.79 Å². The minimum Gasteiger partial charge on any atom is -0.444 e. The Morgan fingerprint density at radius 3 is 2.45 bits per heavy atom. The summed E-state index contributed by atoms with van der Waals surface area (Å²) in [5, 5.41) is 11.7. The lowest BCUT2D eigenvalue weighted by molar-refractivity contribution is 0.0487. The van der Waals surface area contributed by atoms with Gasteiger partial charge in [-0.05, 0) is 57.4 Å². The molecule has 0 aliphatic heterocycles. The number of carbonyl (C=O) groups is 2. The van der Waals surface area contributed by atoms with Crippen LogP contribution in [0.25, 0.3) is 0 Å². The maximum atomic E-state index is 12.3. The monoisotopic (exact) mass is 439 g/mol. The van der Waals surface area contributed by atoms with Gasteiger partial charge in [-0.15, -0.1) is 10.2 Å². The fourth-order valence-corrected chi connectivity index (χ4v) is 3.20. The second-order valence-corrected chi connectivity index (χ2v) is 9.32. The minimum absolute atomic E-state index is 0.0722. The van der Waals surface area contributed by atoms with Gasteiger partial charge in [0.25, 0.3) is 5.22 Å². The van der Waals surface area contributed by atoms with Crippen molar-refractivity contribution in [3.05, 3.63) is 40.7 Å². The molecule has 1 aromatic carbocycles. The van der Waals surface area contributed by atoms with E-state index in [-0.39, 0.29) is 28.6 Å². The molecule has 1 N–H and O–H groups in total. The number of carbonyl (C=O) groups excluding carboxylic acids is 2. The Labute approximate surface area is 179 Å². The van der Waals surface area contributed by atoms with E-state index < -0.39 is 17.7 Å². The Balaban J connectivity index is 2.00. The highest BCUT2D eigenvalue weighted by molar-refractivity contribution is 7.99. The molecule has 0 unspecified atom stereocenters. The molecule has 158 valence electrons. The molecule has 0 saturated heterocycles. The Morgan fingerprint density at radius 1 is 1.21 bits per heavy atom. The fraction of sp³-hybridized carbons (Fsp3) is 0.500. The average Bonchev–Trinajstić information content (AvgIpc) is 3.06. The second kappa shape index (κ2) is 10.1. The smallest absolute Gasteiger partial charge is 0.408 e. The van der Waals surface area contributed by atoms with E-state index in [0.29, 0.717) is 17.0 Å². The van der Waals surface area contributed by atoms with Gasteiger partial charge in [0.15, 0.2) is 5.78 Å². The molecule has 2 rings (SSSR count). The predicted molar refractivity (Wildman–Crippen MR) is 112 cm³/mol. The number of nitrogens with one attached hydrogen (secondary N) is 1. The standard InChI is InChI=1S/C20H26ClN3O4S/c1-12(2)10-15(22-18(26)28-20(3,4)5)17-23-24-19(27-17)29-11-16(25)13-6-8-14(21)9-7-13/h6-9,12,15H,10-11H2,1-5H3,(H,22,26)/t15-/m0/s1. The van der Waals surface area contributed by atoms with Crippen molar-refractivity contribution in [2.24, 2.45) is 5.92 Å². The van der Waals surface area contributed by atoms with E-state index in [9.17, 15) is 9.59 Å². The highest BCUT2D eigenvalue weighted by atomic mass is 35.5. The number of amides is 1. The van der Waals surface area contributed by atoms with Crippen molar-refractivity contribution in [3.63, 3.8) is 0 Å². The third-order valence-corrected chi connectivity index (χ3v) is 4.68. The van der Waals surface area contributed by atoms with E-state index in [2.05, 4.69) is 15.5 Å². The summed E-state index contributed by atoms with van der Waals surface area (Å²) in [6, 6.07) is 6.22. The van der Waals surface area contributed by atoms with Crippen molar-refractivity contribution in [2.75, 3.05) is 5.75 Å². The van der Waals surface area contributed by atoms with Crippen molar-refractivity contribution in [3.8, 4) is 0 Å². The molecule has 9 heteroatoms. The number of aromatic nitrogens is 2. The molecule has 29 heavy (non-hydrogen) atoms. The molecule has 2 aromatic rings. The number of Topliss-reactive ketones (excluding diaryl/α,β-unsaturated/α-hetero) is 1. The zero-order valence-corrected chi connectivity index (χ0v) is 18.8. The number of benzene rings is 1. The van der Waals surface area contributed by atoms with E-state index in [1.165, 1.54) is 0 Å². The van der Waals surface area contributed by atoms with Crippen LogP contribution < -0.4 is 5.32 Å². The van der Waals surface area contributed by atoms with Crippen LogP contribution in [-0.2, 0) is 4.74 Å². The Hall–Kier alpha value is -2.06. The van der Waals surface area contributed by atoms with Gasteiger partial charge in [0.1, 0.15) is 11.6 Å². The number of thioether (sulfide) groups is 1. The van der Waals surface area contributed by atoms with Crippen LogP contribution >= 0.6 is 23.4 Å². The van der Waals surface area contributed by atoms with Gasteiger partial charge in [0.05, 0.1) is 5.75 Å². The number of ketones is 1. The van der Waals surface area contributed by atoms with Gasteiger partial charge in [0, 0.05) is 10.6 Å². The average molecular weight is 440 g/mol. The van der Waals surface area contributed by atoms with Crippen LogP contribution in [-0.4, -0.2) is 33.4 Å². The molecule has 0 bridgehead atoms. The molecule has 0 aliphatic rings. The summed E-state index contributed by atoms with van der Waals surface area (Å²) >= 11 is 6.99. The van der Waals surface area contributed by atoms with Gasteiger partial charge in [-0.1, -0.05) is 37.2 Å². The summed E-state index contributed by atoms with van der Waals surface area (Å²) in [6.45, 7) is 9.44. The number of ether oxygens (including phenoxy) is 1. The third kappa shape index (κ3) is 8.06.